The molecule has 20 heavy (non-hydrogen) atoms. The molecule has 0 saturated carbocycles. The van der Waals surface area contributed by atoms with Crippen LogP contribution in [0.2, 0.25) is 0 Å². The summed E-state index contributed by atoms with van der Waals surface area (Å²) in [5, 5.41) is 9.65. The Hall–Kier alpha value is -1.20. The predicted molar refractivity (Wildman–Crippen MR) is 83.1 cm³/mol. The average Bonchev–Trinajstić information content (AvgIpc) is 2.34. The number of carbonyl (C=O) groups is 1. The van der Waals surface area contributed by atoms with Crippen molar-refractivity contribution in [1.29, 1.82) is 0 Å². The number of esters is 1. The fourth-order valence-corrected chi connectivity index (χ4v) is 1.78. The van der Waals surface area contributed by atoms with Crippen molar-refractivity contribution in [3.63, 3.8) is 0 Å². The molecule has 1 rings (SSSR count). The van der Waals surface area contributed by atoms with Gasteiger partial charge in [-0.2, -0.15) is 0 Å². The van der Waals surface area contributed by atoms with Crippen LogP contribution in [0.4, 0.5) is 0 Å². The Morgan fingerprint density at radius 2 is 1.95 bits per heavy atom. The zero-order valence-electron chi connectivity index (χ0n) is 12.1. The second-order valence-electron chi connectivity index (χ2n) is 5.23. The lowest BCUT2D eigenvalue weighted by Crippen LogP contribution is -2.15. The Labute approximate surface area is 128 Å². The lowest BCUT2D eigenvalue weighted by Gasteiger charge is -2.09. The van der Waals surface area contributed by atoms with Crippen LogP contribution in [0.15, 0.2) is 27.7 Å². The van der Waals surface area contributed by atoms with E-state index in [1.165, 1.54) is 0 Å². The third-order valence-corrected chi connectivity index (χ3v) is 3.01. The highest BCUT2D eigenvalue weighted by atomic mass is 79.9. The van der Waals surface area contributed by atoms with Crippen LogP contribution in [0.25, 0.3) is 0 Å². The Morgan fingerprint density at radius 1 is 1.30 bits per heavy atom. The van der Waals surface area contributed by atoms with Gasteiger partial charge in [0.1, 0.15) is 12.0 Å². The van der Waals surface area contributed by atoms with E-state index in [0.29, 0.717) is 5.75 Å². The molecule has 0 heterocycles. The second kappa shape index (κ2) is 7.55. The number of hydrogen-bond donors (Lipinski definition) is 1. The Morgan fingerprint density at radius 3 is 2.50 bits per heavy atom. The number of rotatable bonds is 5. The molecule has 1 aromatic rings. The summed E-state index contributed by atoms with van der Waals surface area (Å²) in [4.78, 5) is 15.6. The minimum absolute atomic E-state index is 0.0524. The number of ether oxygens (including phenoxy) is 1. The molecule has 1 atom stereocenters. The van der Waals surface area contributed by atoms with Gasteiger partial charge in [-0.3, -0.25) is 9.79 Å². The summed E-state index contributed by atoms with van der Waals surface area (Å²) in [5.74, 6) is 0.0391. The second-order valence-corrected chi connectivity index (χ2v) is 6.15. The van der Waals surface area contributed by atoms with Crippen molar-refractivity contribution in [2.75, 3.05) is 0 Å². The molecule has 1 N–H and O–H groups in total. The summed E-state index contributed by atoms with van der Waals surface area (Å²) in [6, 6.07) is 5.27. The summed E-state index contributed by atoms with van der Waals surface area (Å²) >= 11 is 3.36. The zero-order valence-corrected chi connectivity index (χ0v) is 13.7. The fraction of sp³-hybridized carbons (Fsp3) is 0.467. The molecule has 0 aromatic heterocycles. The number of aliphatic hydroxyl groups is 1. The molecule has 0 bridgehead atoms. The molecule has 1 aromatic carbocycles. The molecule has 110 valence electrons. The third kappa shape index (κ3) is 5.43. The highest BCUT2D eigenvalue weighted by Gasteiger charge is 2.11. The van der Waals surface area contributed by atoms with Crippen LogP contribution in [0, 0.1) is 11.8 Å². The SMILES string of the molecule is CC(C)C(=O)Oc1cc(Br)cc(C=NC(O)C(C)C)c1. The maximum Gasteiger partial charge on any atom is 0.313 e. The van der Waals surface area contributed by atoms with Gasteiger partial charge in [-0.25, -0.2) is 0 Å². The minimum atomic E-state index is -0.740. The summed E-state index contributed by atoms with van der Waals surface area (Å²) in [6.45, 7) is 7.33. The monoisotopic (exact) mass is 341 g/mol. The Bertz CT molecular complexity index is 498. The van der Waals surface area contributed by atoms with Gasteiger partial charge in [-0.15, -0.1) is 0 Å². The van der Waals surface area contributed by atoms with E-state index < -0.39 is 6.23 Å². The topological polar surface area (TPSA) is 58.9 Å². The molecule has 0 aliphatic carbocycles. The third-order valence-electron chi connectivity index (χ3n) is 2.56. The van der Waals surface area contributed by atoms with Crippen molar-refractivity contribution in [1.82, 2.24) is 0 Å². The number of benzene rings is 1. The largest absolute Gasteiger partial charge is 0.426 e. The van der Waals surface area contributed by atoms with E-state index in [9.17, 15) is 9.90 Å². The summed E-state index contributed by atoms with van der Waals surface area (Å²) in [6.07, 6.45) is 0.831. The molecule has 0 radical (unpaired) electrons. The molecule has 4 nitrogen and oxygen atoms in total. The molecule has 5 heteroatoms. The highest BCUT2D eigenvalue weighted by Crippen LogP contribution is 2.21. The molecule has 0 saturated heterocycles. The molecule has 0 fully saturated rings. The number of hydrogen-bond acceptors (Lipinski definition) is 4. The van der Waals surface area contributed by atoms with Gasteiger partial charge >= 0.3 is 5.97 Å². The van der Waals surface area contributed by atoms with Gasteiger partial charge in [-0.1, -0.05) is 43.6 Å². The van der Waals surface area contributed by atoms with Gasteiger partial charge in [0, 0.05) is 10.7 Å². The van der Waals surface area contributed by atoms with Crippen molar-refractivity contribution in [3.05, 3.63) is 28.2 Å². The van der Waals surface area contributed by atoms with Gasteiger partial charge in [0.15, 0.2) is 0 Å². The molecule has 0 spiro atoms. The van der Waals surface area contributed by atoms with Gasteiger partial charge in [0.2, 0.25) is 0 Å². The van der Waals surface area contributed by atoms with Crippen LogP contribution < -0.4 is 4.74 Å². The quantitative estimate of drug-likeness (QED) is 0.507. The van der Waals surface area contributed by atoms with Crippen LogP contribution in [0.1, 0.15) is 33.3 Å². The van der Waals surface area contributed by atoms with Crippen LogP contribution in [-0.4, -0.2) is 23.5 Å². The van der Waals surface area contributed by atoms with Crippen LogP contribution in [0.3, 0.4) is 0 Å². The first kappa shape index (κ1) is 16.9. The molecule has 0 amide bonds. The molecule has 0 aliphatic heterocycles. The van der Waals surface area contributed by atoms with E-state index in [2.05, 4.69) is 20.9 Å². The fourth-order valence-electron chi connectivity index (χ4n) is 1.29. The van der Waals surface area contributed by atoms with Crippen molar-refractivity contribution in [2.24, 2.45) is 16.8 Å². The molecule has 1 unspecified atom stereocenters. The van der Waals surface area contributed by atoms with E-state index >= 15 is 0 Å². The number of aliphatic hydroxyl groups excluding tert-OH is 1. The van der Waals surface area contributed by atoms with Crippen molar-refractivity contribution in [2.45, 2.75) is 33.9 Å². The van der Waals surface area contributed by atoms with Crippen molar-refractivity contribution < 1.29 is 14.6 Å². The van der Waals surface area contributed by atoms with E-state index in [1.807, 2.05) is 19.9 Å². The zero-order chi connectivity index (χ0) is 15.3. The smallest absolute Gasteiger partial charge is 0.313 e. The van der Waals surface area contributed by atoms with E-state index in [-0.39, 0.29) is 17.8 Å². The van der Waals surface area contributed by atoms with Gasteiger partial charge in [0.05, 0.1) is 5.92 Å². The Balaban J connectivity index is 2.89. The molecular formula is C15H20BrNO3. The van der Waals surface area contributed by atoms with Crippen LogP contribution >= 0.6 is 15.9 Å². The van der Waals surface area contributed by atoms with E-state index in [0.717, 1.165) is 10.0 Å². The van der Waals surface area contributed by atoms with Crippen molar-refractivity contribution in [3.8, 4) is 5.75 Å². The van der Waals surface area contributed by atoms with Crippen molar-refractivity contribution >= 4 is 28.1 Å². The Kier molecular flexibility index (Phi) is 6.36. The summed E-state index contributed by atoms with van der Waals surface area (Å²) in [5.41, 5.74) is 0.755. The van der Waals surface area contributed by atoms with Gasteiger partial charge in [-0.05, 0) is 29.7 Å². The average molecular weight is 342 g/mol. The standard InChI is InChI=1S/C15H20BrNO3/c1-9(2)14(18)17-8-11-5-12(16)7-13(6-11)20-15(19)10(3)4/h5-10,14,18H,1-4H3. The van der Waals surface area contributed by atoms with Crippen LogP contribution in [0.5, 0.6) is 5.75 Å². The van der Waals surface area contributed by atoms with Gasteiger partial charge < -0.3 is 9.84 Å². The summed E-state index contributed by atoms with van der Waals surface area (Å²) in [7, 11) is 0. The first-order valence-corrected chi connectivity index (χ1v) is 7.32. The first-order valence-electron chi connectivity index (χ1n) is 6.53. The predicted octanol–water partition coefficient (Wildman–Crippen LogP) is 3.40. The maximum absolute atomic E-state index is 11.6. The normalized spacial score (nSPS) is 13.2. The lowest BCUT2D eigenvalue weighted by molar-refractivity contribution is -0.137. The number of carbonyl (C=O) groups excluding carboxylic acids is 1. The number of nitrogens with zero attached hydrogens (tertiary/aromatic N) is 1. The molecule has 0 aliphatic rings. The van der Waals surface area contributed by atoms with Gasteiger partial charge in [0.25, 0.3) is 0 Å². The van der Waals surface area contributed by atoms with Crippen LogP contribution in [-0.2, 0) is 4.79 Å². The molecular weight excluding hydrogens is 322 g/mol. The minimum Gasteiger partial charge on any atom is -0.426 e. The summed E-state index contributed by atoms with van der Waals surface area (Å²) < 4.78 is 6.04. The van der Waals surface area contributed by atoms with E-state index in [1.54, 1.807) is 32.2 Å². The lowest BCUT2D eigenvalue weighted by atomic mass is 10.2. The number of halogens is 1. The first-order chi connectivity index (χ1) is 9.29. The number of aliphatic imine (C=N–C) groups is 1. The van der Waals surface area contributed by atoms with E-state index in [4.69, 9.17) is 4.74 Å². The highest BCUT2D eigenvalue weighted by molar-refractivity contribution is 9.10. The maximum atomic E-state index is 11.6.